The number of hydrogen-bond acceptors (Lipinski definition) is 5. The van der Waals surface area contributed by atoms with Gasteiger partial charge in [0.15, 0.2) is 5.65 Å². The maximum absolute atomic E-state index is 13.5. The third-order valence-electron chi connectivity index (χ3n) is 6.10. The van der Waals surface area contributed by atoms with Crippen molar-refractivity contribution < 1.29 is 9.18 Å². The fourth-order valence-electron chi connectivity index (χ4n) is 4.48. The molecule has 0 radical (unpaired) electrons. The van der Waals surface area contributed by atoms with Crippen LogP contribution < -0.4 is 4.90 Å². The number of carbonyl (C=O) groups is 1. The number of fused-ring (bicyclic) bond motifs is 1. The topological polar surface area (TPSA) is 67.2 Å². The molecule has 4 rings (SSSR count). The monoisotopic (exact) mass is 466 g/mol. The van der Waals surface area contributed by atoms with Crippen LogP contribution in [0.3, 0.4) is 0 Å². The maximum Gasteiger partial charge on any atom is 0.223 e. The Hall–Kier alpha value is -3.03. The zero-order valence-corrected chi connectivity index (χ0v) is 20.9. The average Bonchev–Trinajstić information content (AvgIpc) is 2.95. The number of rotatable bonds is 5. The highest BCUT2D eigenvalue weighted by atomic mass is 19.1. The van der Waals surface area contributed by atoms with Gasteiger partial charge >= 0.3 is 0 Å². The molecule has 1 fully saturated rings. The average molecular weight is 467 g/mol. The van der Waals surface area contributed by atoms with Gasteiger partial charge in [0.05, 0.1) is 16.8 Å². The summed E-state index contributed by atoms with van der Waals surface area (Å²) in [5, 5.41) is 5.67. The standard InChI is InChI=1S/C26H35FN6O/c1-6-8-21-28-24(32-14-7-13-31(15-16-32)22(34)17-26(3,4)5)23-18(2)30-33(25(23)29-21)20-11-9-19(27)10-12-20/h9-12H,6-8,13-17H2,1-5H3. The van der Waals surface area contributed by atoms with E-state index in [4.69, 9.17) is 15.1 Å². The third-order valence-corrected chi connectivity index (χ3v) is 6.10. The Balaban J connectivity index is 1.70. The van der Waals surface area contributed by atoms with Gasteiger partial charge in [0.1, 0.15) is 17.5 Å². The number of halogens is 1. The van der Waals surface area contributed by atoms with Gasteiger partial charge in [-0.15, -0.1) is 0 Å². The molecule has 0 atom stereocenters. The number of carbonyl (C=O) groups excluding carboxylic acids is 1. The summed E-state index contributed by atoms with van der Waals surface area (Å²) in [6.45, 7) is 13.3. The van der Waals surface area contributed by atoms with Gasteiger partial charge < -0.3 is 9.80 Å². The van der Waals surface area contributed by atoms with Crippen LogP contribution in [0.4, 0.5) is 10.2 Å². The molecule has 0 saturated carbocycles. The van der Waals surface area contributed by atoms with Crippen LogP contribution in [-0.4, -0.2) is 56.7 Å². The van der Waals surface area contributed by atoms with Crippen molar-refractivity contribution >= 4 is 22.8 Å². The summed E-state index contributed by atoms with van der Waals surface area (Å²) in [4.78, 5) is 26.9. The van der Waals surface area contributed by atoms with E-state index >= 15 is 0 Å². The fourth-order valence-corrected chi connectivity index (χ4v) is 4.48. The van der Waals surface area contributed by atoms with E-state index in [2.05, 4.69) is 32.6 Å². The van der Waals surface area contributed by atoms with Crippen molar-refractivity contribution in [3.8, 4) is 5.69 Å². The van der Waals surface area contributed by atoms with Crippen LogP contribution in [0.2, 0.25) is 0 Å². The van der Waals surface area contributed by atoms with Crippen molar-refractivity contribution in [2.75, 3.05) is 31.1 Å². The molecule has 1 amide bonds. The number of nitrogens with zero attached hydrogens (tertiary/aromatic N) is 6. The molecule has 0 N–H and O–H groups in total. The molecule has 0 spiro atoms. The summed E-state index contributed by atoms with van der Waals surface area (Å²) >= 11 is 0. The largest absolute Gasteiger partial charge is 0.354 e. The minimum absolute atomic E-state index is 0.0248. The van der Waals surface area contributed by atoms with Gasteiger partial charge in [0, 0.05) is 39.0 Å². The molecule has 1 saturated heterocycles. The number of aryl methyl sites for hydroxylation is 2. The molecule has 1 aromatic carbocycles. The van der Waals surface area contributed by atoms with E-state index in [1.807, 2.05) is 11.8 Å². The van der Waals surface area contributed by atoms with Crippen molar-refractivity contribution in [3.05, 3.63) is 41.6 Å². The van der Waals surface area contributed by atoms with Crippen molar-refractivity contribution in [1.82, 2.24) is 24.6 Å². The molecule has 8 heteroatoms. The summed E-state index contributed by atoms with van der Waals surface area (Å²) in [6.07, 6.45) is 3.13. The lowest BCUT2D eigenvalue weighted by Crippen LogP contribution is -2.37. The van der Waals surface area contributed by atoms with E-state index in [0.717, 1.165) is 66.4 Å². The first-order chi connectivity index (χ1) is 16.2. The Morgan fingerprint density at radius 3 is 2.47 bits per heavy atom. The summed E-state index contributed by atoms with van der Waals surface area (Å²) in [6, 6.07) is 6.30. The van der Waals surface area contributed by atoms with E-state index < -0.39 is 0 Å². The highest BCUT2D eigenvalue weighted by molar-refractivity contribution is 5.91. The maximum atomic E-state index is 13.5. The van der Waals surface area contributed by atoms with E-state index in [1.54, 1.807) is 16.8 Å². The lowest BCUT2D eigenvalue weighted by atomic mass is 9.91. The number of amides is 1. The van der Waals surface area contributed by atoms with Gasteiger partial charge in [-0.05, 0) is 49.4 Å². The van der Waals surface area contributed by atoms with Crippen molar-refractivity contribution in [1.29, 1.82) is 0 Å². The minimum Gasteiger partial charge on any atom is -0.354 e. The van der Waals surface area contributed by atoms with Crippen molar-refractivity contribution in [2.24, 2.45) is 5.41 Å². The van der Waals surface area contributed by atoms with E-state index in [9.17, 15) is 9.18 Å². The molecule has 0 bridgehead atoms. The zero-order chi connectivity index (χ0) is 24.5. The van der Waals surface area contributed by atoms with Gasteiger partial charge in [0.2, 0.25) is 5.91 Å². The van der Waals surface area contributed by atoms with Gasteiger partial charge in [-0.2, -0.15) is 5.10 Å². The predicted octanol–water partition coefficient (Wildman–Crippen LogP) is 4.69. The van der Waals surface area contributed by atoms with Crippen LogP contribution in [0, 0.1) is 18.2 Å². The van der Waals surface area contributed by atoms with Crippen LogP contribution in [0.15, 0.2) is 24.3 Å². The van der Waals surface area contributed by atoms with Crippen LogP contribution in [0.1, 0.15) is 58.5 Å². The Morgan fingerprint density at radius 1 is 1.06 bits per heavy atom. The number of anilines is 1. The highest BCUT2D eigenvalue weighted by Gasteiger charge is 2.26. The first-order valence-electron chi connectivity index (χ1n) is 12.2. The molecule has 1 aliphatic heterocycles. The molecular formula is C26H35FN6O. The van der Waals surface area contributed by atoms with Crippen LogP contribution in [0.25, 0.3) is 16.7 Å². The summed E-state index contributed by atoms with van der Waals surface area (Å²) in [7, 11) is 0. The van der Waals surface area contributed by atoms with E-state index in [1.165, 1.54) is 12.1 Å². The highest BCUT2D eigenvalue weighted by Crippen LogP contribution is 2.30. The quantitative estimate of drug-likeness (QED) is 0.546. The van der Waals surface area contributed by atoms with E-state index in [0.29, 0.717) is 19.5 Å². The molecule has 0 aliphatic carbocycles. The van der Waals surface area contributed by atoms with Crippen molar-refractivity contribution in [3.63, 3.8) is 0 Å². The predicted molar refractivity (Wildman–Crippen MR) is 133 cm³/mol. The Kier molecular flexibility index (Phi) is 6.86. The Morgan fingerprint density at radius 2 is 1.79 bits per heavy atom. The van der Waals surface area contributed by atoms with E-state index in [-0.39, 0.29) is 17.1 Å². The van der Waals surface area contributed by atoms with Crippen LogP contribution >= 0.6 is 0 Å². The van der Waals surface area contributed by atoms with Gasteiger partial charge in [-0.1, -0.05) is 27.7 Å². The Labute approximate surface area is 201 Å². The molecule has 0 unspecified atom stereocenters. The van der Waals surface area contributed by atoms with Gasteiger partial charge in [0.25, 0.3) is 0 Å². The smallest absolute Gasteiger partial charge is 0.223 e. The van der Waals surface area contributed by atoms with Crippen molar-refractivity contribution in [2.45, 2.75) is 60.3 Å². The molecular weight excluding hydrogens is 431 g/mol. The van der Waals surface area contributed by atoms with Gasteiger partial charge in [-0.3, -0.25) is 4.79 Å². The van der Waals surface area contributed by atoms with Crippen LogP contribution in [-0.2, 0) is 11.2 Å². The number of aromatic nitrogens is 4. The second-order valence-corrected chi connectivity index (χ2v) is 10.3. The first kappa shape index (κ1) is 24.1. The lowest BCUT2D eigenvalue weighted by Gasteiger charge is -2.26. The number of benzene rings is 1. The SMILES string of the molecule is CCCc1nc(N2CCCN(C(=O)CC(C)(C)C)CC2)c2c(C)nn(-c3ccc(F)cc3)c2n1. The normalized spacial score (nSPS) is 15.1. The Bertz CT molecular complexity index is 1160. The molecule has 182 valence electrons. The molecule has 34 heavy (non-hydrogen) atoms. The summed E-state index contributed by atoms with van der Waals surface area (Å²) in [5.41, 5.74) is 2.31. The molecule has 3 heterocycles. The summed E-state index contributed by atoms with van der Waals surface area (Å²) < 4.78 is 15.3. The van der Waals surface area contributed by atoms with Gasteiger partial charge in [-0.25, -0.2) is 19.0 Å². The third kappa shape index (κ3) is 5.21. The van der Waals surface area contributed by atoms with Crippen LogP contribution in [0.5, 0.6) is 0 Å². The molecule has 1 aliphatic rings. The molecule has 2 aromatic heterocycles. The zero-order valence-electron chi connectivity index (χ0n) is 20.9. The minimum atomic E-state index is -0.283. The first-order valence-corrected chi connectivity index (χ1v) is 12.2. The second kappa shape index (κ2) is 9.68. The molecule has 3 aromatic rings. The number of hydrogen-bond donors (Lipinski definition) is 0. The lowest BCUT2D eigenvalue weighted by molar-refractivity contribution is -0.132. The fraction of sp³-hybridized carbons (Fsp3) is 0.538. The second-order valence-electron chi connectivity index (χ2n) is 10.3. The molecule has 7 nitrogen and oxygen atoms in total. The summed E-state index contributed by atoms with van der Waals surface area (Å²) in [5.74, 6) is 1.59.